The van der Waals surface area contributed by atoms with Crippen LogP contribution in [0.25, 0.3) is 0 Å². The molecular weight excluding hydrogens is 356 g/mol. The topological polar surface area (TPSA) is 96.3 Å². The van der Waals surface area contributed by atoms with Crippen molar-refractivity contribution in [2.24, 2.45) is 0 Å². The SMILES string of the molecule is N#Cc1ccccc1Nc1ccnc(C(=O)Nc2ccc3c(c2)OCCO3)c1. The third kappa shape index (κ3) is 3.71. The molecule has 0 radical (unpaired) electrons. The molecule has 2 N–H and O–H groups in total. The number of hydrogen-bond acceptors (Lipinski definition) is 6. The summed E-state index contributed by atoms with van der Waals surface area (Å²) in [4.78, 5) is 16.7. The molecule has 0 spiro atoms. The fraction of sp³-hybridized carbons (Fsp3) is 0.0952. The summed E-state index contributed by atoms with van der Waals surface area (Å²) in [6, 6.07) is 17.9. The van der Waals surface area contributed by atoms with Crippen LogP contribution in [0.2, 0.25) is 0 Å². The second-order valence-corrected chi connectivity index (χ2v) is 6.02. The van der Waals surface area contributed by atoms with Gasteiger partial charge in [-0.05, 0) is 36.4 Å². The van der Waals surface area contributed by atoms with E-state index in [4.69, 9.17) is 9.47 Å². The van der Waals surface area contributed by atoms with Crippen molar-refractivity contribution in [3.05, 3.63) is 72.1 Å². The molecule has 0 saturated carbocycles. The standard InChI is InChI=1S/C21H16N4O3/c22-13-14-3-1-2-4-17(14)24-16-7-8-23-18(11-16)21(26)25-15-5-6-19-20(12-15)28-10-9-27-19/h1-8,11-12H,9-10H2,(H,23,24)(H,25,26). The molecule has 0 fully saturated rings. The van der Waals surface area contributed by atoms with Crippen LogP contribution in [0.4, 0.5) is 17.1 Å². The quantitative estimate of drug-likeness (QED) is 0.725. The second kappa shape index (κ2) is 7.68. The molecule has 138 valence electrons. The van der Waals surface area contributed by atoms with Crippen molar-refractivity contribution in [3.8, 4) is 17.6 Å². The highest BCUT2D eigenvalue weighted by molar-refractivity contribution is 6.03. The van der Waals surface area contributed by atoms with Gasteiger partial charge >= 0.3 is 0 Å². The Morgan fingerprint density at radius 3 is 2.68 bits per heavy atom. The van der Waals surface area contributed by atoms with Gasteiger partial charge in [-0.1, -0.05) is 12.1 Å². The number of hydrogen-bond donors (Lipinski definition) is 2. The molecule has 7 nitrogen and oxygen atoms in total. The molecule has 1 amide bonds. The second-order valence-electron chi connectivity index (χ2n) is 6.02. The van der Waals surface area contributed by atoms with Crippen molar-refractivity contribution in [3.63, 3.8) is 0 Å². The zero-order valence-electron chi connectivity index (χ0n) is 14.8. The first-order chi connectivity index (χ1) is 13.7. The van der Waals surface area contributed by atoms with Gasteiger partial charge in [0.2, 0.25) is 0 Å². The zero-order valence-corrected chi connectivity index (χ0v) is 14.8. The third-order valence-electron chi connectivity index (χ3n) is 4.12. The molecule has 7 heteroatoms. The van der Waals surface area contributed by atoms with Crippen LogP contribution in [-0.4, -0.2) is 24.1 Å². The van der Waals surface area contributed by atoms with E-state index < -0.39 is 0 Å². The molecular formula is C21H16N4O3. The van der Waals surface area contributed by atoms with E-state index >= 15 is 0 Å². The van der Waals surface area contributed by atoms with Crippen molar-refractivity contribution in [1.29, 1.82) is 5.26 Å². The first-order valence-corrected chi connectivity index (χ1v) is 8.66. The number of aromatic nitrogens is 1. The fourth-order valence-electron chi connectivity index (χ4n) is 2.79. The van der Waals surface area contributed by atoms with E-state index in [9.17, 15) is 10.1 Å². The summed E-state index contributed by atoms with van der Waals surface area (Å²) >= 11 is 0. The van der Waals surface area contributed by atoms with Gasteiger partial charge in [0.1, 0.15) is 25.0 Å². The molecule has 0 saturated heterocycles. The molecule has 2 aromatic carbocycles. The molecule has 0 bridgehead atoms. The third-order valence-corrected chi connectivity index (χ3v) is 4.12. The lowest BCUT2D eigenvalue weighted by Crippen LogP contribution is -2.17. The summed E-state index contributed by atoms with van der Waals surface area (Å²) in [5.74, 6) is 0.902. The number of ether oxygens (including phenoxy) is 2. The maximum Gasteiger partial charge on any atom is 0.274 e. The summed E-state index contributed by atoms with van der Waals surface area (Å²) in [6.45, 7) is 0.987. The number of pyridine rings is 1. The molecule has 3 aromatic rings. The zero-order chi connectivity index (χ0) is 19.3. The molecule has 1 aliphatic heterocycles. The monoisotopic (exact) mass is 372 g/mol. The highest BCUT2D eigenvalue weighted by Gasteiger charge is 2.14. The molecule has 1 aromatic heterocycles. The molecule has 28 heavy (non-hydrogen) atoms. The first kappa shape index (κ1) is 17.4. The number of benzene rings is 2. The Morgan fingerprint density at radius 2 is 1.82 bits per heavy atom. The molecule has 4 rings (SSSR count). The first-order valence-electron chi connectivity index (χ1n) is 8.66. The van der Waals surface area contributed by atoms with Gasteiger partial charge < -0.3 is 20.1 Å². The lowest BCUT2D eigenvalue weighted by molar-refractivity contribution is 0.102. The van der Waals surface area contributed by atoms with E-state index in [0.29, 0.717) is 47.3 Å². The highest BCUT2D eigenvalue weighted by Crippen LogP contribution is 2.32. The summed E-state index contributed by atoms with van der Waals surface area (Å²) in [5, 5.41) is 15.2. The summed E-state index contributed by atoms with van der Waals surface area (Å²) in [7, 11) is 0. The number of amides is 1. The van der Waals surface area contributed by atoms with Crippen molar-refractivity contribution < 1.29 is 14.3 Å². The Balaban J connectivity index is 1.51. The van der Waals surface area contributed by atoms with Gasteiger partial charge in [-0.3, -0.25) is 9.78 Å². The van der Waals surface area contributed by atoms with Crippen molar-refractivity contribution in [1.82, 2.24) is 4.98 Å². The largest absolute Gasteiger partial charge is 0.486 e. The summed E-state index contributed by atoms with van der Waals surface area (Å²) in [6.07, 6.45) is 1.54. The smallest absolute Gasteiger partial charge is 0.274 e. The van der Waals surface area contributed by atoms with Crippen LogP contribution in [-0.2, 0) is 0 Å². The molecule has 0 aliphatic carbocycles. The summed E-state index contributed by atoms with van der Waals surface area (Å²) < 4.78 is 11.0. The van der Waals surface area contributed by atoms with Crippen LogP contribution in [0.15, 0.2) is 60.8 Å². The molecule has 2 heterocycles. The van der Waals surface area contributed by atoms with E-state index in [1.54, 1.807) is 48.5 Å². The van der Waals surface area contributed by atoms with Crippen molar-refractivity contribution in [2.75, 3.05) is 23.8 Å². The van der Waals surface area contributed by atoms with Gasteiger partial charge in [-0.2, -0.15) is 5.26 Å². The van der Waals surface area contributed by atoms with Gasteiger partial charge in [0.05, 0.1) is 11.3 Å². The van der Waals surface area contributed by atoms with Crippen LogP contribution >= 0.6 is 0 Å². The van der Waals surface area contributed by atoms with Gasteiger partial charge in [-0.15, -0.1) is 0 Å². The van der Waals surface area contributed by atoms with Crippen LogP contribution in [0.5, 0.6) is 11.5 Å². The Kier molecular flexibility index (Phi) is 4.76. The van der Waals surface area contributed by atoms with Gasteiger partial charge in [0.25, 0.3) is 5.91 Å². The average Bonchev–Trinajstić information content (AvgIpc) is 2.74. The van der Waals surface area contributed by atoms with E-state index in [0.717, 1.165) is 0 Å². The van der Waals surface area contributed by atoms with Crippen LogP contribution in [0.1, 0.15) is 16.1 Å². The van der Waals surface area contributed by atoms with Crippen LogP contribution < -0.4 is 20.1 Å². The van der Waals surface area contributed by atoms with E-state index in [-0.39, 0.29) is 11.6 Å². The Bertz CT molecular complexity index is 1080. The average molecular weight is 372 g/mol. The number of carbonyl (C=O) groups is 1. The lowest BCUT2D eigenvalue weighted by Gasteiger charge is -2.19. The summed E-state index contributed by atoms with van der Waals surface area (Å²) in [5.41, 5.74) is 2.67. The number of anilines is 3. The number of nitrogens with one attached hydrogen (secondary N) is 2. The number of rotatable bonds is 4. The number of nitriles is 1. The predicted octanol–water partition coefficient (Wildman–Crippen LogP) is 3.72. The van der Waals surface area contributed by atoms with Crippen LogP contribution in [0.3, 0.4) is 0 Å². The molecule has 0 unspecified atom stereocenters. The minimum absolute atomic E-state index is 0.245. The van der Waals surface area contributed by atoms with E-state index in [1.807, 2.05) is 6.07 Å². The van der Waals surface area contributed by atoms with E-state index in [1.165, 1.54) is 6.20 Å². The van der Waals surface area contributed by atoms with Crippen molar-refractivity contribution in [2.45, 2.75) is 0 Å². The molecule has 1 aliphatic rings. The Labute approximate surface area is 161 Å². The number of fused-ring (bicyclic) bond motifs is 1. The Morgan fingerprint density at radius 1 is 1.00 bits per heavy atom. The number of nitrogens with zero attached hydrogens (tertiary/aromatic N) is 2. The number of para-hydroxylation sites is 1. The lowest BCUT2D eigenvalue weighted by atomic mass is 10.2. The normalized spacial score (nSPS) is 12.0. The minimum atomic E-state index is -0.353. The Hall–Kier alpha value is -4.05. The van der Waals surface area contributed by atoms with E-state index in [2.05, 4.69) is 21.7 Å². The molecule has 0 atom stereocenters. The van der Waals surface area contributed by atoms with Gasteiger partial charge in [0, 0.05) is 23.6 Å². The number of carbonyl (C=O) groups excluding carboxylic acids is 1. The minimum Gasteiger partial charge on any atom is -0.486 e. The highest BCUT2D eigenvalue weighted by atomic mass is 16.6. The van der Waals surface area contributed by atoms with Crippen LogP contribution in [0, 0.1) is 11.3 Å². The van der Waals surface area contributed by atoms with Crippen molar-refractivity contribution >= 4 is 23.0 Å². The fourth-order valence-corrected chi connectivity index (χ4v) is 2.79. The maximum absolute atomic E-state index is 12.6. The van der Waals surface area contributed by atoms with Gasteiger partial charge in [0.15, 0.2) is 11.5 Å². The maximum atomic E-state index is 12.6. The predicted molar refractivity (Wildman–Crippen MR) is 104 cm³/mol. The van der Waals surface area contributed by atoms with Gasteiger partial charge in [-0.25, -0.2) is 0 Å².